The molecule has 1 unspecified atom stereocenters. The molecule has 3 N–H and O–H groups in total. The van der Waals surface area contributed by atoms with Gasteiger partial charge in [0.15, 0.2) is 5.96 Å². The van der Waals surface area contributed by atoms with Crippen LogP contribution in [0.4, 0.5) is 0 Å². The van der Waals surface area contributed by atoms with Crippen LogP contribution < -0.4 is 10.6 Å². The number of para-hydroxylation sites is 1. The molecule has 0 aliphatic carbocycles. The average molecular weight is 511 g/mol. The number of amides is 1. The van der Waals surface area contributed by atoms with E-state index in [1.54, 1.807) is 0 Å². The lowest BCUT2D eigenvalue weighted by Crippen LogP contribution is -2.42. The molecule has 1 aliphatic rings. The molecule has 1 fully saturated rings. The van der Waals surface area contributed by atoms with Crippen LogP contribution in [-0.4, -0.2) is 54.0 Å². The summed E-state index contributed by atoms with van der Waals surface area (Å²) in [6.45, 7) is 7.21. The lowest BCUT2D eigenvalue weighted by atomic mass is 10.0. The highest BCUT2D eigenvalue weighted by Gasteiger charge is 2.22. The highest BCUT2D eigenvalue weighted by Crippen LogP contribution is 2.18. The van der Waals surface area contributed by atoms with E-state index in [0.717, 1.165) is 44.9 Å². The van der Waals surface area contributed by atoms with Gasteiger partial charge in [-0.05, 0) is 51.2 Å². The predicted molar refractivity (Wildman–Crippen MR) is 131 cm³/mol. The summed E-state index contributed by atoms with van der Waals surface area (Å²) >= 11 is 0. The number of fused-ring (bicyclic) bond motifs is 1. The average Bonchev–Trinajstić information content (AvgIpc) is 3.11. The second-order valence-corrected chi connectivity index (χ2v) is 7.48. The monoisotopic (exact) mass is 511 g/mol. The molecule has 0 bridgehead atoms. The molecular formula is C22H34IN5O. The third-order valence-corrected chi connectivity index (χ3v) is 5.42. The summed E-state index contributed by atoms with van der Waals surface area (Å²) in [5.74, 6) is 1.01. The van der Waals surface area contributed by atoms with Gasteiger partial charge in [-0.25, -0.2) is 0 Å². The van der Waals surface area contributed by atoms with Crippen LogP contribution in [0.1, 0.15) is 45.1 Å². The van der Waals surface area contributed by atoms with Crippen LogP contribution in [0.3, 0.4) is 0 Å². The van der Waals surface area contributed by atoms with Gasteiger partial charge in [0.25, 0.3) is 0 Å². The van der Waals surface area contributed by atoms with Crippen molar-refractivity contribution < 1.29 is 4.79 Å². The molecule has 1 aromatic heterocycles. The van der Waals surface area contributed by atoms with E-state index in [0.29, 0.717) is 19.0 Å². The molecule has 6 nitrogen and oxygen atoms in total. The molecule has 1 saturated heterocycles. The molecule has 7 heteroatoms. The topological polar surface area (TPSA) is 72.5 Å². The van der Waals surface area contributed by atoms with E-state index in [-0.39, 0.29) is 29.9 Å². The van der Waals surface area contributed by atoms with Crippen molar-refractivity contribution in [2.75, 3.05) is 26.2 Å². The van der Waals surface area contributed by atoms with Gasteiger partial charge in [0.05, 0.1) is 6.54 Å². The first-order valence-electron chi connectivity index (χ1n) is 10.6. The lowest BCUT2D eigenvalue weighted by Gasteiger charge is -2.33. The van der Waals surface area contributed by atoms with Crippen LogP contribution in [0.2, 0.25) is 0 Å². The molecule has 0 radical (unpaired) electrons. The number of guanidine groups is 1. The van der Waals surface area contributed by atoms with Gasteiger partial charge in [-0.3, -0.25) is 9.79 Å². The Hall–Kier alpha value is -1.77. The number of carbonyl (C=O) groups excluding carboxylic acids is 1. The molecule has 160 valence electrons. The molecule has 1 aliphatic heterocycles. The van der Waals surface area contributed by atoms with Crippen LogP contribution in [0.15, 0.2) is 35.5 Å². The third kappa shape index (κ3) is 6.62. The summed E-state index contributed by atoms with van der Waals surface area (Å²) in [6, 6.07) is 8.72. The number of H-pyrrole nitrogens is 1. The number of rotatable bonds is 7. The molecular weight excluding hydrogens is 477 g/mol. The number of nitrogens with zero attached hydrogens (tertiary/aromatic N) is 2. The van der Waals surface area contributed by atoms with E-state index in [4.69, 9.17) is 0 Å². The van der Waals surface area contributed by atoms with Gasteiger partial charge in [-0.2, -0.15) is 0 Å². The van der Waals surface area contributed by atoms with Crippen LogP contribution in [-0.2, 0) is 11.2 Å². The first-order valence-corrected chi connectivity index (χ1v) is 10.6. The molecule has 1 amide bonds. The van der Waals surface area contributed by atoms with E-state index < -0.39 is 0 Å². The number of halogens is 1. The van der Waals surface area contributed by atoms with Gasteiger partial charge in [-0.15, -0.1) is 24.0 Å². The Bertz CT molecular complexity index is 803. The van der Waals surface area contributed by atoms with Crippen LogP contribution in [0, 0.1) is 0 Å². The van der Waals surface area contributed by atoms with Crippen LogP contribution in [0.25, 0.3) is 10.9 Å². The first kappa shape index (κ1) is 23.5. The molecule has 2 heterocycles. The van der Waals surface area contributed by atoms with Crippen molar-refractivity contribution >= 4 is 46.7 Å². The zero-order valence-corrected chi connectivity index (χ0v) is 19.9. The molecule has 0 saturated carbocycles. The minimum absolute atomic E-state index is 0. The second-order valence-electron chi connectivity index (χ2n) is 7.48. The van der Waals surface area contributed by atoms with Crippen molar-refractivity contribution in [3.8, 4) is 0 Å². The summed E-state index contributed by atoms with van der Waals surface area (Å²) in [5, 5.41) is 7.92. The van der Waals surface area contributed by atoms with Gasteiger partial charge in [-0.1, -0.05) is 18.2 Å². The maximum absolute atomic E-state index is 12.5. The maximum atomic E-state index is 12.5. The standard InChI is InChI=1S/C22H33N5O.HI/c1-3-23-22(25-14-12-21(28)27-15-7-6-8-17(27)2)24-13-11-18-16-26-20-10-5-4-9-19(18)20;/h4-5,9-10,16-17,26H,3,6-8,11-15H2,1-2H3,(H2,23,24,25);1H. The van der Waals surface area contributed by atoms with Crippen molar-refractivity contribution in [1.29, 1.82) is 0 Å². The van der Waals surface area contributed by atoms with Crippen molar-refractivity contribution in [3.05, 3.63) is 36.0 Å². The Kier molecular flexibility index (Phi) is 9.76. The molecule has 3 rings (SSSR count). The van der Waals surface area contributed by atoms with Gasteiger partial charge < -0.3 is 20.5 Å². The predicted octanol–water partition coefficient (Wildman–Crippen LogP) is 3.67. The van der Waals surface area contributed by atoms with Crippen molar-refractivity contribution in [2.24, 2.45) is 4.99 Å². The summed E-state index contributed by atoms with van der Waals surface area (Å²) in [7, 11) is 0. The Morgan fingerprint density at radius 3 is 2.90 bits per heavy atom. The highest BCUT2D eigenvalue weighted by molar-refractivity contribution is 14.0. The maximum Gasteiger partial charge on any atom is 0.224 e. The molecule has 0 spiro atoms. The lowest BCUT2D eigenvalue weighted by molar-refractivity contribution is -0.134. The second kappa shape index (κ2) is 12.0. The Labute approximate surface area is 190 Å². The van der Waals surface area contributed by atoms with Crippen LogP contribution >= 0.6 is 24.0 Å². The fourth-order valence-corrected chi connectivity index (χ4v) is 3.87. The molecule has 1 atom stereocenters. The molecule has 2 aromatic rings. The van der Waals surface area contributed by atoms with E-state index in [1.165, 1.54) is 22.9 Å². The zero-order chi connectivity index (χ0) is 19.8. The Morgan fingerprint density at radius 1 is 1.28 bits per heavy atom. The van der Waals surface area contributed by atoms with Crippen LogP contribution in [0.5, 0.6) is 0 Å². The van der Waals surface area contributed by atoms with E-state index in [9.17, 15) is 4.79 Å². The zero-order valence-electron chi connectivity index (χ0n) is 17.5. The highest BCUT2D eigenvalue weighted by atomic mass is 127. The van der Waals surface area contributed by atoms with E-state index in [2.05, 4.69) is 58.9 Å². The number of aromatic nitrogens is 1. The first-order chi connectivity index (χ1) is 13.7. The molecule has 29 heavy (non-hydrogen) atoms. The summed E-state index contributed by atoms with van der Waals surface area (Å²) in [4.78, 5) is 22.4. The van der Waals surface area contributed by atoms with E-state index in [1.807, 2.05) is 11.0 Å². The normalized spacial score (nSPS) is 17.1. The van der Waals surface area contributed by atoms with Gasteiger partial charge in [0.2, 0.25) is 5.91 Å². The molecule has 1 aromatic carbocycles. The number of aromatic amines is 1. The van der Waals surface area contributed by atoms with Gasteiger partial charge in [0, 0.05) is 49.2 Å². The van der Waals surface area contributed by atoms with Crippen molar-refractivity contribution in [2.45, 2.75) is 52.0 Å². The van der Waals surface area contributed by atoms with Gasteiger partial charge in [0.1, 0.15) is 0 Å². The number of piperidine rings is 1. The largest absolute Gasteiger partial charge is 0.361 e. The summed E-state index contributed by atoms with van der Waals surface area (Å²) < 4.78 is 0. The SMILES string of the molecule is CCNC(=NCCC(=O)N1CCCCC1C)NCCc1c[nH]c2ccccc12.I. The third-order valence-electron chi connectivity index (χ3n) is 5.42. The number of hydrogen-bond donors (Lipinski definition) is 3. The fraction of sp³-hybridized carbons (Fsp3) is 0.545. The minimum Gasteiger partial charge on any atom is -0.361 e. The number of hydrogen-bond acceptors (Lipinski definition) is 2. The smallest absolute Gasteiger partial charge is 0.224 e. The Balaban J connectivity index is 0.00000300. The van der Waals surface area contributed by atoms with Gasteiger partial charge >= 0.3 is 0 Å². The number of likely N-dealkylation sites (tertiary alicyclic amines) is 1. The summed E-state index contributed by atoms with van der Waals surface area (Å²) in [6.07, 6.45) is 6.94. The van der Waals surface area contributed by atoms with Crippen molar-refractivity contribution in [1.82, 2.24) is 20.5 Å². The number of aliphatic imine (C=N–C) groups is 1. The Morgan fingerprint density at radius 2 is 2.10 bits per heavy atom. The number of nitrogens with one attached hydrogen (secondary N) is 3. The number of benzene rings is 1. The summed E-state index contributed by atoms with van der Waals surface area (Å²) in [5.41, 5.74) is 2.47. The fourth-order valence-electron chi connectivity index (χ4n) is 3.87. The quantitative estimate of drug-likeness (QED) is 0.302. The van der Waals surface area contributed by atoms with Crippen molar-refractivity contribution in [3.63, 3.8) is 0 Å². The minimum atomic E-state index is 0. The van der Waals surface area contributed by atoms with E-state index >= 15 is 0 Å². The number of carbonyl (C=O) groups is 1.